The van der Waals surface area contributed by atoms with Crippen LogP contribution in [0.4, 0.5) is 4.39 Å². The Kier molecular flexibility index (Phi) is 5.38. The molecular formula is C18H20ClFN4O2. The molecule has 1 amide bonds. The molecule has 26 heavy (non-hydrogen) atoms. The number of hydrogen-bond donors (Lipinski definition) is 0. The number of nitrogens with zero attached hydrogens (tertiary/aromatic N) is 4. The molecule has 1 aliphatic heterocycles. The molecule has 0 atom stereocenters. The minimum absolute atomic E-state index is 0.0619. The van der Waals surface area contributed by atoms with Crippen molar-refractivity contribution in [2.75, 3.05) is 32.7 Å². The van der Waals surface area contributed by atoms with Gasteiger partial charge in [0.25, 0.3) is 5.91 Å². The molecule has 3 rings (SSSR count). The molecule has 0 spiro atoms. The van der Waals surface area contributed by atoms with E-state index in [2.05, 4.69) is 5.10 Å². The molecule has 6 nitrogen and oxygen atoms in total. The summed E-state index contributed by atoms with van der Waals surface area (Å²) < 4.78 is 14.5. The van der Waals surface area contributed by atoms with Gasteiger partial charge in [-0.15, -0.1) is 0 Å². The van der Waals surface area contributed by atoms with Gasteiger partial charge in [0, 0.05) is 38.8 Å². The maximum atomic E-state index is 12.9. The lowest BCUT2D eigenvalue weighted by molar-refractivity contribution is 0.0618. The summed E-state index contributed by atoms with van der Waals surface area (Å²) in [6, 6.07) is 5.54. The van der Waals surface area contributed by atoms with Gasteiger partial charge in [-0.2, -0.15) is 5.10 Å². The highest BCUT2D eigenvalue weighted by Crippen LogP contribution is 2.21. The van der Waals surface area contributed by atoms with E-state index < -0.39 is 0 Å². The van der Waals surface area contributed by atoms with Gasteiger partial charge in [-0.3, -0.25) is 19.2 Å². The van der Waals surface area contributed by atoms with E-state index in [-0.39, 0.29) is 29.7 Å². The van der Waals surface area contributed by atoms with Crippen molar-refractivity contribution < 1.29 is 14.0 Å². The van der Waals surface area contributed by atoms with Crippen molar-refractivity contribution in [3.05, 3.63) is 52.1 Å². The van der Waals surface area contributed by atoms with E-state index in [1.54, 1.807) is 16.6 Å². The van der Waals surface area contributed by atoms with Crippen LogP contribution in [0.2, 0.25) is 5.02 Å². The van der Waals surface area contributed by atoms with E-state index in [9.17, 15) is 14.0 Å². The minimum Gasteiger partial charge on any atom is -0.335 e. The molecule has 1 aromatic heterocycles. The van der Waals surface area contributed by atoms with Crippen LogP contribution in [0.1, 0.15) is 26.5 Å². The van der Waals surface area contributed by atoms with Crippen molar-refractivity contribution in [3.8, 4) is 0 Å². The van der Waals surface area contributed by atoms with Crippen LogP contribution >= 0.6 is 11.6 Å². The molecule has 0 N–H and O–H groups in total. The highest BCUT2D eigenvalue weighted by Gasteiger charge is 2.27. The smallest absolute Gasteiger partial charge is 0.276 e. The van der Waals surface area contributed by atoms with Gasteiger partial charge in [-0.25, -0.2) is 4.39 Å². The molecule has 0 radical (unpaired) electrons. The van der Waals surface area contributed by atoms with Gasteiger partial charge in [0.1, 0.15) is 5.82 Å². The van der Waals surface area contributed by atoms with Crippen LogP contribution in [-0.4, -0.2) is 64.0 Å². The second-order valence-electron chi connectivity index (χ2n) is 6.37. The normalized spacial score (nSPS) is 15.3. The quantitative estimate of drug-likeness (QED) is 0.765. The van der Waals surface area contributed by atoms with Gasteiger partial charge in [0.15, 0.2) is 11.5 Å². The third kappa shape index (κ3) is 3.78. The molecule has 0 saturated carbocycles. The predicted octanol–water partition coefficient (Wildman–Crippen LogP) is 2.16. The Morgan fingerprint density at radius 1 is 1.15 bits per heavy atom. The molecule has 0 unspecified atom stereocenters. The van der Waals surface area contributed by atoms with E-state index in [4.69, 9.17) is 11.6 Å². The Morgan fingerprint density at radius 3 is 2.31 bits per heavy atom. The van der Waals surface area contributed by atoms with Crippen LogP contribution in [-0.2, 0) is 7.05 Å². The lowest BCUT2D eigenvalue weighted by atomic mass is 10.1. The van der Waals surface area contributed by atoms with Crippen molar-refractivity contribution in [3.63, 3.8) is 0 Å². The molecule has 2 heterocycles. The lowest BCUT2D eigenvalue weighted by Crippen LogP contribution is -2.50. The molecule has 0 bridgehead atoms. The Bertz CT molecular complexity index is 826. The van der Waals surface area contributed by atoms with E-state index in [0.29, 0.717) is 36.8 Å². The number of carbonyl (C=O) groups is 2. The summed E-state index contributed by atoms with van der Waals surface area (Å²) in [4.78, 5) is 28.6. The van der Waals surface area contributed by atoms with Gasteiger partial charge >= 0.3 is 0 Å². The van der Waals surface area contributed by atoms with Crippen LogP contribution in [0.3, 0.4) is 0 Å². The van der Waals surface area contributed by atoms with Crippen molar-refractivity contribution in [2.45, 2.75) is 6.92 Å². The molecule has 8 heteroatoms. The van der Waals surface area contributed by atoms with Gasteiger partial charge in [-0.1, -0.05) is 11.6 Å². The fourth-order valence-corrected chi connectivity index (χ4v) is 3.15. The topological polar surface area (TPSA) is 58.4 Å². The zero-order valence-electron chi connectivity index (χ0n) is 14.7. The summed E-state index contributed by atoms with van der Waals surface area (Å²) in [6.45, 7) is 4.23. The summed E-state index contributed by atoms with van der Waals surface area (Å²) in [5.74, 6) is -0.617. The van der Waals surface area contributed by atoms with Crippen molar-refractivity contribution >= 4 is 23.3 Å². The van der Waals surface area contributed by atoms with Crippen LogP contribution in [0, 0.1) is 12.7 Å². The van der Waals surface area contributed by atoms with E-state index >= 15 is 0 Å². The number of halogens is 2. The SMILES string of the molecule is Cc1c(Cl)c(C(=O)N2CCN(CC(=O)c3ccc(F)cc3)CC2)nn1C. The summed E-state index contributed by atoms with van der Waals surface area (Å²) in [5.41, 5.74) is 1.50. The number of Topliss-reactive ketones (excluding diaryl/α,β-unsaturated/α-hetero) is 1. The van der Waals surface area contributed by atoms with E-state index in [0.717, 1.165) is 5.69 Å². The third-order valence-corrected chi connectivity index (χ3v) is 5.11. The van der Waals surface area contributed by atoms with E-state index in [1.165, 1.54) is 24.3 Å². The zero-order chi connectivity index (χ0) is 18.8. The van der Waals surface area contributed by atoms with Gasteiger partial charge in [0.2, 0.25) is 0 Å². The van der Waals surface area contributed by atoms with Crippen molar-refractivity contribution in [1.82, 2.24) is 19.6 Å². The number of aromatic nitrogens is 2. The highest BCUT2D eigenvalue weighted by atomic mass is 35.5. The average molecular weight is 379 g/mol. The van der Waals surface area contributed by atoms with Crippen molar-refractivity contribution in [1.29, 1.82) is 0 Å². The first-order valence-electron chi connectivity index (χ1n) is 8.36. The number of rotatable bonds is 4. The minimum atomic E-state index is -0.364. The fourth-order valence-electron chi connectivity index (χ4n) is 2.91. The molecular weight excluding hydrogens is 359 g/mol. The summed E-state index contributed by atoms with van der Waals surface area (Å²) >= 11 is 6.19. The molecule has 1 saturated heterocycles. The number of amides is 1. The summed E-state index contributed by atoms with van der Waals surface area (Å²) in [5, 5.41) is 4.58. The van der Waals surface area contributed by atoms with Crippen LogP contribution in [0.15, 0.2) is 24.3 Å². The predicted molar refractivity (Wildman–Crippen MR) is 96.0 cm³/mol. The third-order valence-electron chi connectivity index (χ3n) is 4.66. The van der Waals surface area contributed by atoms with Gasteiger partial charge in [0.05, 0.1) is 17.3 Å². The van der Waals surface area contributed by atoms with Crippen molar-refractivity contribution in [2.24, 2.45) is 7.05 Å². The summed E-state index contributed by atoms with van der Waals surface area (Å²) in [7, 11) is 1.75. The van der Waals surface area contributed by atoms with Crippen LogP contribution in [0.25, 0.3) is 0 Å². The number of benzene rings is 1. The van der Waals surface area contributed by atoms with Gasteiger partial charge in [-0.05, 0) is 31.2 Å². The number of aryl methyl sites for hydroxylation is 1. The Hall–Kier alpha value is -2.25. The number of ketones is 1. The fraction of sp³-hybridized carbons (Fsp3) is 0.389. The van der Waals surface area contributed by atoms with E-state index in [1.807, 2.05) is 11.8 Å². The number of piperazine rings is 1. The second kappa shape index (κ2) is 7.55. The second-order valence-corrected chi connectivity index (χ2v) is 6.75. The molecule has 1 fully saturated rings. The Balaban J connectivity index is 1.57. The molecule has 0 aliphatic carbocycles. The highest BCUT2D eigenvalue weighted by molar-refractivity contribution is 6.34. The average Bonchev–Trinajstić information content (AvgIpc) is 2.89. The maximum Gasteiger partial charge on any atom is 0.276 e. The number of hydrogen-bond acceptors (Lipinski definition) is 4. The molecule has 1 aromatic carbocycles. The molecule has 2 aromatic rings. The first-order valence-corrected chi connectivity index (χ1v) is 8.74. The molecule has 1 aliphatic rings. The zero-order valence-corrected chi connectivity index (χ0v) is 15.5. The van der Waals surface area contributed by atoms with Crippen LogP contribution in [0.5, 0.6) is 0 Å². The standard InChI is InChI=1S/C18H20ClFN4O2/c1-12-16(19)17(21-22(12)2)18(26)24-9-7-23(8-10-24)11-15(25)13-3-5-14(20)6-4-13/h3-6H,7-11H2,1-2H3. The maximum absolute atomic E-state index is 12.9. The lowest BCUT2D eigenvalue weighted by Gasteiger charge is -2.34. The summed E-state index contributed by atoms with van der Waals surface area (Å²) in [6.07, 6.45) is 0. The first kappa shape index (κ1) is 18.5. The Labute approximate surface area is 156 Å². The number of carbonyl (C=O) groups excluding carboxylic acids is 2. The Morgan fingerprint density at radius 2 is 1.77 bits per heavy atom. The first-order chi connectivity index (χ1) is 12.4. The van der Waals surface area contributed by atoms with Gasteiger partial charge < -0.3 is 4.90 Å². The largest absolute Gasteiger partial charge is 0.335 e. The van der Waals surface area contributed by atoms with Crippen LogP contribution < -0.4 is 0 Å². The monoisotopic (exact) mass is 378 g/mol. The molecule has 138 valence electrons.